The molecular formula is C27H19N3O. The number of phenolic OH excluding ortho intramolecular Hbond substituents is 1. The molecule has 0 spiro atoms. The zero-order chi connectivity index (χ0) is 21.0. The maximum Gasteiger partial charge on any atom is 0.124 e. The highest BCUT2D eigenvalue weighted by Gasteiger charge is 2.03. The summed E-state index contributed by atoms with van der Waals surface area (Å²) in [6.07, 6.45) is 1.66. The molecule has 0 radical (unpaired) electrons. The lowest BCUT2D eigenvalue weighted by Crippen LogP contribution is -1.82. The molecule has 5 aromatic carbocycles. The van der Waals surface area contributed by atoms with E-state index in [1.165, 1.54) is 0 Å². The van der Waals surface area contributed by atoms with E-state index in [0.29, 0.717) is 11.3 Å². The van der Waals surface area contributed by atoms with Gasteiger partial charge in [-0.15, -0.1) is 5.11 Å². The predicted molar refractivity (Wildman–Crippen MR) is 127 cm³/mol. The first-order valence-corrected chi connectivity index (χ1v) is 10.0. The summed E-state index contributed by atoms with van der Waals surface area (Å²) in [4.78, 5) is 4.61. The second kappa shape index (κ2) is 8.20. The maximum atomic E-state index is 10.3. The first kappa shape index (κ1) is 18.7. The summed E-state index contributed by atoms with van der Waals surface area (Å²) in [5.74, 6) is 0.146. The van der Waals surface area contributed by atoms with Gasteiger partial charge < -0.3 is 5.11 Å². The Bertz CT molecular complexity index is 1440. The summed E-state index contributed by atoms with van der Waals surface area (Å²) in [5, 5.41) is 23.5. The van der Waals surface area contributed by atoms with Gasteiger partial charge >= 0.3 is 0 Å². The lowest BCUT2D eigenvalue weighted by Gasteiger charge is -2.03. The Morgan fingerprint density at radius 3 is 1.94 bits per heavy atom. The van der Waals surface area contributed by atoms with Crippen LogP contribution < -0.4 is 0 Å². The summed E-state index contributed by atoms with van der Waals surface area (Å²) in [6, 6.07) is 33.2. The van der Waals surface area contributed by atoms with Crippen molar-refractivity contribution in [3.8, 4) is 5.75 Å². The minimum atomic E-state index is 0.146. The molecule has 0 bridgehead atoms. The van der Waals surface area contributed by atoms with Gasteiger partial charge in [0.1, 0.15) is 5.75 Å². The SMILES string of the molecule is Oc1ccc(N=Nc2cccc3ccccc23)cc1C=Nc1cccc2ccccc12. The van der Waals surface area contributed by atoms with Crippen LogP contribution >= 0.6 is 0 Å². The van der Waals surface area contributed by atoms with Crippen LogP contribution in [0.5, 0.6) is 5.75 Å². The highest BCUT2D eigenvalue weighted by Crippen LogP contribution is 2.30. The van der Waals surface area contributed by atoms with Crippen LogP contribution in [-0.4, -0.2) is 11.3 Å². The fraction of sp³-hybridized carbons (Fsp3) is 0. The first-order chi connectivity index (χ1) is 15.3. The van der Waals surface area contributed by atoms with E-state index in [-0.39, 0.29) is 5.75 Å². The molecule has 0 aliphatic heterocycles. The molecule has 0 saturated heterocycles. The average molecular weight is 401 g/mol. The van der Waals surface area contributed by atoms with Crippen LogP contribution in [-0.2, 0) is 0 Å². The van der Waals surface area contributed by atoms with Gasteiger partial charge in [0.25, 0.3) is 0 Å². The average Bonchev–Trinajstić information content (AvgIpc) is 2.82. The van der Waals surface area contributed by atoms with Crippen molar-refractivity contribution >= 4 is 44.8 Å². The van der Waals surface area contributed by atoms with Crippen LogP contribution in [0, 0.1) is 0 Å². The number of nitrogens with zero attached hydrogens (tertiary/aromatic N) is 3. The molecule has 0 amide bonds. The highest BCUT2D eigenvalue weighted by atomic mass is 16.3. The van der Waals surface area contributed by atoms with E-state index in [1.54, 1.807) is 24.4 Å². The number of hydrogen-bond donors (Lipinski definition) is 1. The minimum Gasteiger partial charge on any atom is -0.507 e. The molecule has 0 saturated carbocycles. The van der Waals surface area contributed by atoms with E-state index in [4.69, 9.17) is 0 Å². The molecule has 4 heteroatoms. The van der Waals surface area contributed by atoms with E-state index in [0.717, 1.165) is 32.9 Å². The molecule has 1 N–H and O–H groups in total. The van der Waals surface area contributed by atoms with Gasteiger partial charge in [-0.2, -0.15) is 5.11 Å². The van der Waals surface area contributed by atoms with Crippen LogP contribution in [0.3, 0.4) is 0 Å². The topological polar surface area (TPSA) is 57.3 Å². The Kier molecular flexibility index (Phi) is 4.95. The number of aliphatic imine (C=N–C) groups is 1. The van der Waals surface area contributed by atoms with Crippen molar-refractivity contribution < 1.29 is 5.11 Å². The number of fused-ring (bicyclic) bond motifs is 2. The number of benzene rings is 5. The Labute approximate surface area is 179 Å². The second-order valence-electron chi connectivity index (χ2n) is 7.20. The first-order valence-electron chi connectivity index (χ1n) is 10.0. The summed E-state index contributed by atoms with van der Waals surface area (Å²) in [7, 11) is 0. The van der Waals surface area contributed by atoms with Crippen LogP contribution in [0.1, 0.15) is 5.56 Å². The number of aromatic hydroxyl groups is 1. The van der Waals surface area contributed by atoms with Crippen LogP contribution in [0.2, 0.25) is 0 Å². The van der Waals surface area contributed by atoms with Crippen LogP contribution in [0.15, 0.2) is 118 Å². The van der Waals surface area contributed by atoms with E-state index in [9.17, 15) is 5.11 Å². The normalized spacial score (nSPS) is 11.7. The molecule has 5 rings (SSSR count). The van der Waals surface area contributed by atoms with Crippen molar-refractivity contribution in [2.24, 2.45) is 15.2 Å². The number of hydrogen-bond acceptors (Lipinski definition) is 4. The van der Waals surface area contributed by atoms with E-state index >= 15 is 0 Å². The zero-order valence-electron chi connectivity index (χ0n) is 16.7. The second-order valence-corrected chi connectivity index (χ2v) is 7.20. The van der Waals surface area contributed by atoms with Gasteiger partial charge in [0.2, 0.25) is 0 Å². The van der Waals surface area contributed by atoms with Gasteiger partial charge in [-0.3, -0.25) is 4.99 Å². The summed E-state index contributed by atoms with van der Waals surface area (Å²) in [6.45, 7) is 0. The molecule has 0 aromatic heterocycles. The van der Waals surface area contributed by atoms with Crippen molar-refractivity contribution in [1.82, 2.24) is 0 Å². The molecule has 0 heterocycles. The molecular weight excluding hydrogens is 382 g/mol. The number of phenols is 1. The monoisotopic (exact) mass is 401 g/mol. The minimum absolute atomic E-state index is 0.146. The van der Waals surface area contributed by atoms with Gasteiger partial charge in [-0.25, -0.2) is 0 Å². The Morgan fingerprint density at radius 1 is 0.581 bits per heavy atom. The molecule has 4 nitrogen and oxygen atoms in total. The standard InChI is InChI=1S/C27H19N3O/c31-27-16-15-22(29-30-26-14-6-10-20-8-2-4-12-24(20)26)17-21(27)18-28-25-13-5-9-19-7-1-3-11-23(19)25/h1-18,31H. The highest BCUT2D eigenvalue weighted by molar-refractivity contribution is 5.96. The fourth-order valence-electron chi connectivity index (χ4n) is 3.57. The number of azo groups is 1. The maximum absolute atomic E-state index is 10.3. The van der Waals surface area contributed by atoms with Gasteiger partial charge in [0, 0.05) is 22.6 Å². The predicted octanol–water partition coefficient (Wildman–Crippen LogP) is 7.86. The lowest BCUT2D eigenvalue weighted by molar-refractivity contribution is 0.474. The van der Waals surface area contributed by atoms with Crippen molar-refractivity contribution in [1.29, 1.82) is 0 Å². The Morgan fingerprint density at radius 2 is 1.19 bits per heavy atom. The van der Waals surface area contributed by atoms with Gasteiger partial charge in [0.15, 0.2) is 0 Å². The third-order valence-corrected chi connectivity index (χ3v) is 5.16. The van der Waals surface area contributed by atoms with Gasteiger partial charge in [-0.1, -0.05) is 72.8 Å². The van der Waals surface area contributed by atoms with E-state index in [1.807, 2.05) is 60.7 Å². The van der Waals surface area contributed by atoms with Crippen LogP contribution in [0.4, 0.5) is 17.1 Å². The lowest BCUT2D eigenvalue weighted by atomic mass is 10.1. The Balaban J connectivity index is 1.46. The van der Waals surface area contributed by atoms with Gasteiger partial charge in [0.05, 0.1) is 17.1 Å². The number of rotatable bonds is 4. The van der Waals surface area contributed by atoms with E-state index < -0.39 is 0 Å². The fourth-order valence-corrected chi connectivity index (χ4v) is 3.57. The van der Waals surface area contributed by atoms with Crippen molar-refractivity contribution in [3.63, 3.8) is 0 Å². The third kappa shape index (κ3) is 3.91. The summed E-state index contributed by atoms with van der Waals surface area (Å²) < 4.78 is 0. The molecule has 31 heavy (non-hydrogen) atoms. The Hall–Kier alpha value is -4.31. The largest absolute Gasteiger partial charge is 0.507 e. The third-order valence-electron chi connectivity index (χ3n) is 5.16. The summed E-state index contributed by atoms with van der Waals surface area (Å²) in [5.41, 5.74) is 2.88. The quantitative estimate of drug-likeness (QED) is 0.242. The van der Waals surface area contributed by atoms with Crippen molar-refractivity contribution in [2.45, 2.75) is 0 Å². The molecule has 5 aromatic rings. The van der Waals surface area contributed by atoms with Crippen molar-refractivity contribution in [2.75, 3.05) is 0 Å². The molecule has 0 unspecified atom stereocenters. The smallest absolute Gasteiger partial charge is 0.124 e. The molecule has 0 aliphatic carbocycles. The zero-order valence-corrected chi connectivity index (χ0v) is 16.7. The molecule has 148 valence electrons. The van der Waals surface area contributed by atoms with E-state index in [2.05, 4.69) is 39.5 Å². The van der Waals surface area contributed by atoms with Crippen molar-refractivity contribution in [3.05, 3.63) is 109 Å². The van der Waals surface area contributed by atoms with Crippen LogP contribution in [0.25, 0.3) is 21.5 Å². The molecule has 0 atom stereocenters. The summed E-state index contributed by atoms with van der Waals surface area (Å²) >= 11 is 0. The van der Waals surface area contributed by atoms with Gasteiger partial charge in [-0.05, 0) is 41.1 Å². The molecule has 0 aliphatic rings. The molecule has 0 fully saturated rings.